The van der Waals surface area contributed by atoms with E-state index in [9.17, 15) is 14.9 Å². The van der Waals surface area contributed by atoms with Crippen molar-refractivity contribution in [2.75, 3.05) is 7.11 Å². The lowest BCUT2D eigenvalue weighted by atomic mass is 10.1. The average molecular weight is 253 g/mol. The Morgan fingerprint density at radius 2 is 1.94 bits per heavy atom. The Bertz CT molecular complexity index is 482. The van der Waals surface area contributed by atoms with E-state index < -0.39 is 10.7 Å². The molecule has 0 atom stereocenters. The molecule has 6 heteroatoms. The van der Waals surface area contributed by atoms with Crippen molar-refractivity contribution in [2.45, 2.75) is 26.9 Å². The molecule has 98 valence electrons. The number of nitro groups is 1. The zero-order valence-electron chi connectivity index (χ0n) is 10.7. The lowest BCUT2D eigenvalue weighted by Crippen LogP contribution is -2.09. The van der Waals surface area contributed by atoms with Crippen LogP contribution in [0.15, 0.2) is 12.1 Å². The van der Waals surface area contributed by atoms with Crippen molar-refractivity contribution in [2.24, 2.45) is 0 Å². The number of benzene rings is 1. The Morgan fingerprint density at radius 3 is 2.33 bits per heavy atom. The summed E-state index contributed by atoms with van der Waals surface area (Å²) in [6.07, 6.45) is -0.151. The van der Waals surface area contributed by atoms with Crippen LogP contribution in [-0.2, 0) is 0 Å². The first-order chi connectivity index (χ1) is 8.36. The van der Waals surface area contributed by atoms with Crippen LogP contribution in [0, 0.1) is 10.1 Å². The van der Waals surface area contributed by atoms with Crippen LogP contribution >= 0.6 is 0 Å². The van der Waals surface area contributed by atoms with Crippen molar-refractivity contribution < 1.29 is 19.2 Å². The lowest BCUT2D eigenvalue weighted by molar-refractivity contribution is -0.385. The van der Waals surface area contributed by atoms with Crippen LogP contribution in [0.4, 0.5) is 5.69 Å². The molecule has 0 radical (unpaired) electrons. The molecule has 1 aromatic carbocycles. The average Bonchev–Trinajstić information content (AvgIpc) is 2.27. The predicted molar refractivity (Wildman–Crippen MR) is 65.4 cm³/mol. The molecule has 1 rings (SSSR count). The maximum atomic E-state index is 11.4. The lowest BCUT2D eigenvalue weighted by Gasteiger charge is -2.14. The highest BCUT2D eigenvalue weighted by atomic mass is 16.6. The molecule has 0 aliphatic carbocycles. The van der Waals surface area contributed by atoms with Gasteiger partial charge in [0.2, 0.25) is 0 Å². The summed E-state index contributed by atoms with van der Waals surface area (Å²) in [6.45, 7) is 4.86. The van der Waals surface area contributed by atoms with Gasteiger partial charge in [-0.2, -0.15) is 0 Å². The molecule has 18 heavy (non-hydrogen) atoms. The smallest absolute Gasteiger partial charge is 0.284 e. The van der Waals surface area contributed by atoms with Gasteiger partial charge in [-0.25, -0.2) is 0 Å². The molecule has 0 heterocycles. The summed E-state index contributed by atoms with van der Waals surface area (Å²) >= 11 is 0. The van der Waals surface area contributed by atoms with Gasteiger partial charge in [0.15, 0.2) is 17.3 Å². The van der Waals surface area contributed by atoms with Crippen molar-refractivity contribution >= 4 is 11.5 Å². The number of nitrogens with zero attached hydrogens (tertiary/aromatic N) is 1. The minimum Gasteiger partial charge on any atom is -0.493 e. The van der Waals surface area contributed by atoms with Crippen LogP contribution in [0.3, 0.4) is 0 Å². The molecule has 0 aliphatic heterocycles. The predicted octanol–water partition coefficient (Wildman–Crippen LogP) is 2.59. The highest BCUT2D eigenvalue weighted by molar-refractivity contribution is 5.98. The molecule has 0 saturated carbocycles. The molecule has 0 unspecified atom stereocenters. The van der Waals surface area contributed by atoms with Gasteiger partial charge in [-0.3, -0.25) is 14.9 Å². The van der Waals surface area contributed by atoms with E-state index in [1.54, 1.807) is 13.8 Å². The van der Waals surface area contributed by atoms with Crippen molar-refractivity contribution in [1.29, 1.82) is 0 Å². The molecule has 0 bridgehead atoms. The van der Waals surface area contributed by atoms with Crippen LogP contribution in [0.1, 0.15) is 31.1 Å². The monoisotopic (exact) mass is 253 g/mol. The van der Waals surface area contributed by atoms with E-state index >= 15 is 0 Å². The summed E-state index contributed by atoms with van der Waals surface area (Å²) in [5, 5.41) is 10.9. The fourth-order valence-electron chi connectivity index (χ4n) is 1.49. The van der Waals surface area contributed by atoms with Crippen LogP contribution < -0.4 is 9.47 Å². The maximum absolute atomic E-state index is 11.4. The first-order valence-corrected chi connectivity index (χ1v) is 5.40. The van der Waals surface area contributed by atoms with Gasteiger partial charge in [-0.15, -0.1) is 0 Å². The molecule has 0 aliphatic rings. The van der Waals surface area contributed by atoms with Gasteiger partial charge >= 0.3 is 0 Å². The summed E-state index contributed by atoms with van der Waals surface area (Å²) in [6, 6.07) is 2.55. The van der Waals surface area contributed by atoms with Gasteiger partial charge < -0.3 is 9.47 Å². The highest BCUT2D eigenvalue weighted by Gasteiger charge is 2.22. The standard InChI is InChI=1S/C12H15NO5/c1-7(2)18-12-6-10(13(15)16)9(8(3)14)5-11(12)17-4/h5-7H,1-4H3. The van der Waals surface area contributed by atoms with Crippen molar-refractivity contribution in [3.8, 4) is 11.5 Å². The normalized spacial score (nSPS) is 10.3. The molecule has 0 saturated heterocycles. The SMILES string of the molecule is COc1cc(C(C)=O)c([N+](=O)[O-])cc1OC(C)C. The van der Waals surface area contributed by atoms with Gasteiger partial charge in [-0.1, -0.05) is 0 Å². The molecule has 0 fully saturated rings. The molecule has 0 spiro atoms. The number of methoxy groups -OCH3 is 1. The Hall–Kier alpha value is -2.11. The number of carbonyl (C=O) groups is 1. The van der Waals surface area contributed by atoms with E-state index in [1.165, 1.54) is 26.2 Å². The van der Waals surface area contributed by atoms with Gasteiger partial charge in [0.25, 0.3) is 5.69 Å². The number of carbonyl (C=O) groups excluding carboxylic acids is 1. The number of Topliss-reactive ketones (excluding diaryl/α,β-unsaturated/α-hetero) is 1. The zero-order chi connectivity index (χ0) is 13.9. The van der Waals surface area contributed by atoms with Crippen molar-refractivity contribution in [1.82, 2.24) is 0 Å². The third-order valence-corrected chi connectivity index (χ3v) is 2.22. The number of nitro benzene ring substituents is 1. The van der Waals surface area contributed by atoms with Crippen molar-refractivity contribution in [3.63, 3.8) is 0 Å². The fourth-order valence-corrected chi connectivity index (χ4v) is 1.49. The molecular weight excluding hydrogens is 238 g/mol. The minimum absolute atomic E-state index is 0.00737. The minimum atomic E-state index is -0.608. The van der Waals surface area contributed by atoms with Gasteiger partial charge in [0, 0.05) is 6.07 Å². The topological polar surface area (TPSA) is 78.7 Å². The number of ether oxygens (including phenoxy) is 2. The van der Waals surface area contributed by atoms with E-state index in [0.717, 1.165) is 0 Å². The van der Waals surface area contributed by atoms with Gasteiger partial charge in [0.05, 0.1) is 29.8 Å². The van der Waals surface area contributed by atoms with Crippen molar-refractivity contribution in [3.05, 3.63) is 27.8 Å². The Kier molecular flexibility index (Phi) is 4.25. The Balaban J connectivity index is 3.41. The highest BCUT2D eigenvalue weighted by Crippen LogP contribution is 2.35. The van der Waals surface area contributed by atoms with Crippen LogP contribution in [0.5, 0.6) is 11.5 Å². The third kappa shape index (κ3) is 2.97. The Morgan fingerprint density at radius 1 is 1.33 bits per heavy atom. The van der Waals surface area contributed by atoms with Gasteiger partial charge in [0.1, 0.15) is 0 Å². The quantitative estimate of drug-likeness (QED) is 0.458. The second kappa shape index (κ2) is 5.48. The van der Waals surface area contributed by atoms with E-state index in [1.807, 2.05) is 0 Å². The molecule has 1 aromatic rings. The van der Waals surface area contributed by atoms with Gasteiger partial charge in [-0.05, 0) is 20.8 Å². The third-order valence-electron chi connectivity index (χ3n) is 2.22. The maximum Gasteiger partial charge on any atom is 0.284 e. The molecule has 0 amide bonds. The number of rotatable bonds is 5. The summed E-state index contributed by atoms with van der Waals surface area (Å²) in [5.74, 6) is 0.166. The van der Waals surface area contributed by atoms with E-state index in [4.69, 9.17) is 9.47 Å². The number of hydrogen-bond acceptors (Lipinski definition) is 5. The second-order valence-electron chi connectivity index (χ2n) is 4.00. The van der Waals surface area contributed by atoms with E-state index in [-0.39, 0.29) is 23.1 Å². The largest absolute Gasteiger partial charge is 0.493 e. The van der Waals surface area contributed by atoms with E-state index in [0.29, 0.717) is 5.75 Å². The molecule has 6 nitrogen and oxygen atoms in total. The summed E-state index contributed by atoms with van der Waals surface area (Å²) in [7, 11) is 1.41. The summed E-state index contributed by atoms with van der Waals surface area (Å²) in [5.41, 5.74) is -0.271. The molecule has 0 N–H and O–H groups in total. The number of ketones is 1. The summed E-state index contributed by atoms with van der Waals surface area (Å²) in [4.78, 5) is 21.7. The summed E-state index contributed by atoms with van der Waals surface area (Å²) < 4.78 is 10.5. The first-order valence-electron chi connectivity index (χ1n) is 5.40. The molecular formula is C12H15NO5. The first kappa shape index (κ1) is 14.0. The Labute approximate surface area is 105 Å². The van der Waals surface area contributed by atoms with Crippen LogP contribution in [-0.4, -0.2) is 23.9 Å². The molecule has 0 aromatic heterocycles. The van der Waals surface area contributed by atoms with E-state index in [2.05, 4.69) is 0 Å². The van der Waals surface area contributed by atoms with Crippen LogP contribution in [0.25, 0.3) is 0 Å². The van der Waals surface area contributed by atoms with Crippen LogP contribution in [0.2, 0.25) is 0 Å². The zero-order valence-corrected chi connectivity index (χ0v) is 10.7. The fraction of sp³-hybridized carbons (Fsp3) is 0.417. The number of hydrogen-bond donors (Lipinski definition) is 0. The second-order valence-corrected chi connectivity index (χ2v) is 4.00.